The highest BCUT2D eigenvalue weighted by atomic mass is 19.4. The van der Waals surface area contributed by atoms with Crippen LogP contribution < -0.4 is 0 Å². The van der Waals surface area contributed by atoms with Gasteiger partial charge in [0.2, 0.25) is 0 Å². The standard InChI is InChI=1S/C3F4O/c4-2-1(8-2)3(5,6)7. The molecule has 0 aromatic heterocycles. The SMILES string of the molecule is FC1=C(C(F)(F)F)O1. The van der Waals surface area contributed by atoms with Gasteiger partial charge in [-0.3, -0.25) is 0 Å². The average molecular weight is 128 g/mol. The Morgan fingerprint density at radius 3 is 1.62 bits per heavy atom. The topological polar surface area (TPSA) is 12.5 Å². The van der Waals surface area contributed by atoms with Gasteiger partial charge >= 0.3 is 12.2 Å². The molecule has 0 radical (unpaired) electrons. The number of rotatable bonds is 0. The van der Waals surface area contributed by atoms with Crippen LogP contribution in [0.5, 0.6) is 0 Å². The Morgan fingerprint density at radius 2 is 1.62 bits per heavy atom. The monoisotopic (exact) mass is 128 g/mol. The summed E-state index contributed by atoms with van der Waals surface area (Å²) in [7, 11) is 0. The first-order valence-electron chi connectivity index (χ1n) is 1.66. The van der Waals surface area contributed by atoms with Gasteiger partial charge in [0.1, 0.15) is 0 Å². The summed E-state index contributed by atoms with van der Waals surface area (Å²) in [5.74, 6) is -1.50. The summed E-state index contributed by atoms with van der Waals surface area (Å²) in [4.78, 5) is 0. The minimum absolute atomic E-state index is 1.50. The van der Waals surface area contributed by atoms with Crippen molar-refractivity contribution in [3.63, 3.8) is 0 Å². The predicted octanol–water partition coefficient (Wildman–Crippen LogP) is 1.72. The molecule has 0 unspecified atom stereocenters. The highest BCUT2D eigenvalue weighted by molar-refractivity contribution is 5.15. The molecule has 8 heavy (non-hydrogen) atoms. The summed E-state index contributed by atoms with van der Waals surface area (Å²) in [6.45, 7) is 0. The maximum atomic E-state index is 11.2. The van der Waals surface area contributed by atoms with E-state index >= 15 is 0 Å². The molecule has 0 atom stereocenters. The summed E-state index contributed by atoms with van der Waals surface area (Å²) in [5.41, 5.74) is 0. The fourth-order valence-corrected chi connectivity index (χ4v) is 0.233. The molecule has 0 aromatic rings. The van der Waals surface area contributed by atoms with Crippen LogP contribution >= 0.6 is 0 Å². The quantitative estimate of drug-likeness (QED) is 0.452. The van der Waals surface area contributed by atoms with Crippen molar-refractivity contribution in [2.45, 2.75) is 6.18 Å². The number of allylic oxidation sites excluding steroid dienone is 1. The molecule has 1 aliphatic rings. The molecular formula is C3F4O. The summed E-state index contributed by atoms with van der Waals surface area (Å²) in [5, 5.41) is 0. The van der Waals surface area contributed by atoms with Gasteiger partial charge in [0, 0.05) is 0 Å². The Bertz CT molecular complexity index is 144. The lowest BCUT2D eigenvalue weighted by molar-refractivity contribution is -0.103. The van der Waals surface area contributed by atoms with Crippen LogP contribution in [0.15, 0.2) is 11.8 Å². The first-order valence-corrected chi connectivity index (χ1v) is 1.66. The molecule has 0 aliphatic carbocycles. The van der Waals surface area contributed by atoms with Gasteiger partial charge in [0.25, 0.3) is 5.76 Å². The van der Waals surface area contributed by atoms with Crippen molar-refractivity contribution in [1.29, 1.82) is 0 Å². The fraction of sp³-hybridized carbons (Fsp3) is 0.333. The van der Waals surface area contributed by atoms with E-state index in [-0.39, 0.29) is 0 Å². The lowest BCUT2D eigenvalue weighted by Crippen LogP contribution is -2.03. The zero-order chi connectivity index (χ0) is 6.36. The minimum Gasteiger partial charge on any atom is -0.417 e. The second-order valence-electron chi connectivity index (χ2n) is 1.20. The van der Waals surface area contributed by atoms with Crippen LogP contribution in [0.2, 0.25) is 0 Å². The molecule has 0 aromatic carbocycles. The van der Waals surface area contributed by atoms with Crippen LogP contribution in [0.1, 0.15) is 0 Å². The minimum atomic E-state index is -4.63. The first-order chi connectivity index (χ1) is 3.52. The molecule has 0 amide bonds. The third-order valence-electron chi connectivity index (χ3n) is 0.586. The zero-order valence-electron chi connectivity index (χ0n) is 3.42. The second kappa shape index (κ2) is 1.15. The van der Waals surface area contributed by atoms with Crippen LogP contribution in [0, 0.1) is 0 Å². The van der Waals surface area contributed by atoms with Crippen LogP contribution in [0.4, 0.5) is 17.6 Å². The van der Waals surface area contributed by atoms with E-state index in [4.69, 9.17) is 0 Å². The molecule has 0 saturated carbocycles. The van der Waals surface area contributed by atoms with Crippen molar-refractivity contribution < 1.29 is 22.3 Å². The maximum Gasteiger partial charge on any atom is 0.456 e. The average Bonchev–Trinajstić information content (AvgIpc) is 2.13. The summed E-state index contributed by atoms with van der Waals surface area (Å²) in [6, 6.07) is -1.52. The Balaban J connectivity index is 2.63. The predicted molar refractivity (Wildman–Crippen MR) is 15.3 cm³/mol. The van der Waals surface area contributed by atoms with Crippen molar-refractivity contribution in [1.82, 2.24) is 0 Å². The van der Waals surface area contributed by atoms with E-state index in [0.717, 1.165) is 0 Å². The van der Waals surface area contributed by atoms with Gasteiger partial charge in [0.15, 0.2) is 0 Å². The lowest BCUT2D eigenvalue weighted by atomic mass is 10.6. The van der Waals surface area contributed by atoms with Gasteiger partial charge in [-0.1, -0.05) is 0 Å². The largest absolute Gasteiger partial charge is 0.456 e. The van der Waals surface area contributed by atoms with Gasteiger partial charge < -0.3 is 4.74 Å². The number of hydrogen-bond donors (Lipinski definition) is 0. The molecule has 1 aliphatic heterocycles. The van der Waals surface area contributed by atoms with E-state index in [2.05, 4.69) is 4.74 Å². The Labute approximate surface area is 41.5 Å². The second-order valence-corrected chi connectivity index (χ2v) is 1.20. The normalized spacial score (nSPS) is 18.5. The molecule has 0 saturated heterocycles. The van der Waals surface area contributed by atoms with Gasteiger partial charge in [-0.05, 0) is 0 Å². The number of ether oxygens (including phenoxy) is 1. The molecule has 0 N–H and O–H groups in total. The summed E-state index contributed by atoms with van der Waals surface area (Å²) < 4.78 is 47.7. The first kappa shape index (κ1) is 5.40. The van der Waals surface area contributed by atoms with Crippen LogP contribution in [-0.4, -0.2) is 6.18 Å². The van der Waals surface area contributed by atoms with E-state index < -0.39 is 17.9 Å². The van der Waals surface area contributed by atoms with Crippen molar-refractivity contribution in [2.75, 3.05) is 0 Å². The number of hydrogen-bond acceptors (Lipinski definition) is 1. The molecule has 0 fully saturated rings. The molecule has 5 heteroatoms. The van der Waals surface area contributed by atoms with Crippen molar-refractivity contribution in [3.05, 3.63) is 11.8 Å². The molecule has 0 spiro atoms. The third-order valence-corrected chi connectivity index (χ3v) is 0.586. The smallest absolute Gasteiger partial charge is 0.417 e. The summed E-state index contributed by atoms with van der Waals surface area (Å²) in [6.07, 6.45) is -4.63. The van der Waals surface area contributed by atoms with E-state index in [1.807, 2.05) is 0 Å². The van der Waals surface area contributed by atoms with E-state index in [0.29, 0.717) is 0 Å². The van der Waals surface area contributed by atoms with E-state index in [1.54, 1.807) is 0 Å². The van der Waals surface area contributed by atoms with Gasteiger partial charge in [-0.2, -0.15) is 17.6 Å². The molecule has 0 bridgehead atoms. The van der Waals surface area contributed by atoms with Gasteiger partial charge in [0.05, 0.1) is 0 Å². The van der Waals surface area contributed by atoms with Gasteiger partial charge in [-0.15, -0.1) is 0 Å². The Hall–Kier alpha value is -0.740. The highest BCUT2D eigenvalue weighted by Crippen LogP contribution is 2.40. The van der Waals surface area contributed by atoms with E-state index in [1.165, 1.54) is 0 Å². The summed E-state index contributed by atoms with van der Waals surface area (Å²) >= 11 is 0. The molecule has 1 heterocycles. The third kappa shape index (κ3) is 0.753. The van der Waals surface area contributed by atoms with Gasteiger partial charge in [-0.25, -0.2) is 0 Å². The zero-order valence-corrected chi connectivity index (χ0v) is 3.42. The molecule has 1 rings (SSSR count). The van der Waals surface area contributed by atoms with Crippen LogP contribution in [0.3, 0.4) is 0 Å². The van der Waals surface area contributed by atoms with Crippen LogP contribution in [-0.2, 0) is 4.74 Å². The lowest BCUT2D eigenvalue weighted by Gasteiger charge is -1.91. The van der Waals surface area contributed by atoms with Crippen molar-refractivity contribution in [3.8, 4) is 0 Å². The Kier molecular flexibility index (Phi) is 0.777. The van der Waals surface area contributed by atoms with Crippen LogP contribution in [0.25, 0.3) is 0 Å². The highest BCUT2D eigenvalue weighted by Gasteiger charge is 2.50. The fourth-order valence-electron chi connectivity index (χ4n) is 0.233. The number of alkyl halides is 3. The molecular weight excluding hydrogens is 128 g/mol. The Morgan fingerprint density at radius 1 is 1.25 bits per heavy atom. The number of halogens is 4. The molecule has 1 nitrogen and oxygen atoms in total. The molecule has 46 valence electrons. The van der Waals surface area contributed by atoms with E-state index in [9.17, 15) is 17.6 Å². The van der Waals surface area contributed by atoms with Crippen molar-refractivity contribution in [2.24, 2.45) is 0 Å². The van der Waals surface area contributed by atoms with Crippen molar-refractivity contribution >= 4 is 0 Å². The maximum absolute atomic E-state index is 11.2.